The first-order valence-corrected chi connectivity index (χ1v) is 9.57. The molecule has 0 unspecified atom stereocenters. The lowest BCUT2D eigenvalue weighted by Gasteiger charge is -2.30. The minimum atomic E-state index is 0.0554. The van der Waals surface area contributed by atoms with Gasteiger partial charge in [-0.2, -0.15) is 10.5 Å². The van der Waals surface area contributed by atoms with E-state index < -0.39 is 0 Å². The molecule has 29 heavy (non-hydrogen) atoms. The Labute approximate surface area is 170 Å². The van der Waals surface area contributed by atoms with Crippen molar-refractivity contribution in [2.45, 2.75) is 26.7 Å². The first-order valence-electron chi connectivity index (χ1n) is 9.57. The highest BCUT2D eigenvalue weighted by Gasteiger charge is 2.22. The van der Waals surface area contributed by atoms with Crippen molar-refractivity contribution in [2.75, 3.05) is 18.5 Å². The quantitative estimate of drug-likeness (QED) is 0.645. The summed E-state index contributed by atoms with van der Waals surface area (Å²) in [5.74, 6) is 2.63. The molecule has 144 valence electrons. The van der Waals surface area contributed by atoms with Crippen LogP contribution in [0.5, 0.6) is 5.75 Å². The number of hydrogen-bond donors (Lipinski definition) is 0. The molecule has 0 amide bonds. The fourth-order valence-electron chi connectivity index (χ4n) is 3.88. The Morgan fingerprint density at radius 2 is 1.90 bits per heavy atom. The molecular weight excluding hydrogens is 362 g/mol. The molecule has 0 aliphatic carbocycles. The molecule has 5 heteroatoms. The van der Waals surface area contributed by atoms with Crippen LogP contribution < -0.4 is 9.64 Å². The van der Waals surface area contributed by atoms with E-state index in [0.717, 1.165) is 29.9 Å². The molecule has 0 saturated heterocycles. The van der Waals surface area contributed by atoms with Crippen molar-refractivity contribution in [1.29, 1.82) is 10.5 Å². The second-order valence-corrected chi connectivity index (χ2v) is 7.44. The van der Waals surface area contributed by atoms with Gasteiger partial charge in [-0.1, -0.05) is 0 Å². The maximum absolute atomic E-state index is 9.15. The van der Waals surface area contributed by atoms with E-state index in [4.69, 9.17) is 20.0 Å². The second kappa shape index (κ2) is 7.37. The summed E-state index contributed by atoms with van der Waals surface area (Å²) in [5.41, 5.74) is 5.41. The lowest BCUT2D eigenvalue weighted by atomic mass is 9.94. The van der Waals surface area contributed by atoms with E-state index in [2.05, 4.69) is 31.0 Å². The number of rotatable bonds is 1. The Hall–Kier alpha value is -3.70. The van der Waals surface area contributed by atoms with Crippen LogP contribution >= 0.6 is 0 Å². The summed E-state index contributed by atoms with van der Waals surface area (Å²) < 4.78 is 11.9. The van der Waals surface area contributed by atoms with Crippen LogP contribution in [0.15, 0.2) is 64.9 Å². The summed E-state index contributed by atoms with van der Waals surface area (Å²) in [4.78, 5) is 2.27. The summed E-state index contributed by atoms with van der Waals surface area (Å²) in [6.07, 6.45) is 9.40. The molecule has 3 aliphatic rings. The van der Waals surface area contributed by atoms with Crippen LogP contribution in [0.2, 0.25) is 0 Å². The molecule has 0 fully saturated rings. The van der Waals surface area contributed by atoms with E-state index in [1.807, 2.05) is 18.2 Å². The zero-order chi connectivity index (χ0) is 20.5. The van der Waals surface area contributed by atoms with Crippen LogP contribution in [0.25, 0.3) is 5.57 Å². The van der Waals surface area contributed by atoms with E-state index >= 15 is 0 Å². The average molecular weight is 383 g/mol. The molecule has 3 aliphatic heterocycles. The zero-order valence-electron chi connectivity index (χ0n) is 16.7. The molecule has 0 aromatic heterocycles. The first kappa shape index (κ1) is 18.7. The Kier molecular flexibility index (Phi) is 4.74. The number of ether oxygens (including phenoxy) is 2. The van der Waals surface area contributed by atoms with Crippen molar-refractivity contribution in [3.63, 3.8) is 0 Å². The molecule has 1 aromatic carbocycles. The molecule has 3 heterocycles. The van der Waals surface area contributed by atoms with Gasteiger partial charge in [-0.25, -0.2) is 0 Å². The lowest BCUT2D eigenvalue weighted by Crippen LogP contribution is -2.25. The van der Waals surface area contributed by atoms with Crippen molar-refractivity contribution in [2.24, 2.45) is 0 Å². The van der Waals surface area contributed by atoms with Crippen molar-refractivity contribution in [3.05, 3.63) is 76.0 Å². The van der Waals surface area contributed by atoms with Gasteiger partial charge in [0.25, 0.3) is 0 Å². The largest absolute Gasteiger partial charge is 0.462 e. The van der Waals surface area contributed by atoms with E-state index in [1.54, 1.807) is 25.2 Å². The van der Waals surface area contributed by atoms with Gasteiger partial charge in [0, 0.05) is 42.6 Å². The van der Waals surface area contributed by atoms with Crippen molar-refractivity contribution in [3.8, 4) is 17.9 Å². The number of nitriles is 2. The Morgan fingerprint density at radius 3 is 2.66 bits per heavy atom. The fraction of sp³-hybridized carbons (Fsp3) is 0.250. The minimum Gasteiger partial charge on any atom is -0.462 e. The molecular formula is C24H21N3O2. The molecule has 0 atom stereocenters. The SMILES string of the molecule is CC1=CC(=C(C#N)C#N)C=C(C=C2C=C(C)c3cc4c(cc3O2)N(C)CCC4)O1. The van der Waals surface area contributed by atoms with Crippen LogP contribution in [0.1, 0.15) is 31.4 Å². The number of anilines is 1. The van der Waals surface area contributed by atoms with E-state index in [1.165, 1.54) is 17.7 Å². The van der Waals surface area contributed by atoms with Gasteiger partial charge in [-0.15, -0.1) is 0 Å². The molecule has 0 N–H and O–H groups in total. The molecule has 1 aromatic rings. The van der Waals surface area contributed by atoms with Crippen LogP contribution in [0, 0.1) is 22.7 Å². The highest BCUT2D eigenvalue weighted by molar-refractivity contribution is 5.77. The van der Waals surface area contributed by atoms with Crippen molar-refractivity contribution >= 4 is 11.3 Å². The summed E-state index contributed by atoms with van der Waals surface area (Å²) in [6, 6.07) is 8.20. The molecule has 0 spiro atoms. The summed E-state index contributed by atoms with van der Waals surface area (Å²) in [5, 5.41) is 18.3. The van der Waals surface area contributed by atoms with E-state index in [9.17, 15) is 0 Å². The molecule has 0 saturated carbocycles. The van der Waals surface area contributed by atoms with Gasteiger partial charge >= 0.3 is 0 Å². The number of allylic oxidation sites excluding steroid dienone is 8. The summed E-state index contributed by atoms with van der Waals surface area (Å²) >= 11 is 0. The smallest absolute Gasteiger partial charge is 0.137 e. The minimum absolute atomic E-state index is 0.0554. The summed E-state index contributed by atoms with van der Waals surface area (Å²) in [7, 11) is 2.11. The second-order valence-electron chi connectivity index (χ2n) is 7.44. The van der Waals surface area contributed by atoms with Crippen LogP contribution in [0.4, 0.5) is 5.69 Å². The number of hydrogen-bond acceptors (Lipinski definition) is 5. The topological polar surface area (TPSA) is 69.3 Å². The van der Waals surface area contributed by atoms with Crippen LogP contribution in [-0.4, -0.2) is 13.6 Å². The van der Waals surface area contributed by atoms with E-state index in [-0.39, 0.29) is 5.57 Å². The van der Waals surface area contributed by atoms with Gasteiger partial charge in [0.05, 0.1) is 0 Å². The van der Waals surface area contributed by atoms with Gasteiger partial charge in [0.1, 0.15) is 40.7 Å². The van der Waals surface area contributed by atoms with Gasteiger partial charge in [-0.05, 0) is 62.1 Å². The third-order valence-corrected chi connectivity index (χ3v) is 5.28. The molecule has 5 nitrogen and oxygen atoms in total. The monoisotopic (exact) mass is 383 g/mol. The maximum Gasteiger partial charge on any atom is 0.137 e. The van der Waals surface area contributed by atoms with Gasteiger partial charge in [0.15, 0.2) is 0 Å². The molecule has 0 bridgehead atoms. The van der Waals surface area contributed by atoms with Gasteiger partial charge < -0.3 is 14.4 Å². The zero-order valence-corrected chi connectivity index (χ0v) is 16.7. The lowest BCUT2D eigenvalue weighted by molar-refractivity contribution is 0.313. The average Bonchev–Trinajstić information content (AvgIpc) is 2.68. The predicted octanol–water partition coefficient (Wildman–Crippen LogP) is 4.91. The predicted molar refractivity (Wildman–Crippen MR) is 112 cm³/mol. The number of aryl methyl sites for hydroxylation is 1. The van der Waals surface area contributed by atoms with Crippen LogP contribution in [-0.2, 0) is 11.2 Å². The summed E-state index contributed by atoms with van der Waals surface area (Å²) in [6.45, 7) is 4.91. The Morgan fingerprint density at radius 1 is 1.10 bits per heavy atom. The van der Waals surface area contributed by atoms with Crippen molar-refractivity contribution < 1.29 is 9.47 Å². The number of nitrogens with zero attached hydrogens (tertiary/aromatic N) is 3. The standard InChI is InChI=1S/C24H21N3O2/c1-15-7-20(11-21-9-18(8-16(2)28-21)19(13-25)14-26)29-24-12-23-17(10-22(15)24)5-4-6-27(23)3/h7-12H,4-6H2,1-3H3. The number of benzene rings is 1. The van der Waals surface area contributed by atoms with E-state index in [0.29, 0.717) is 22.9 Å². The van der Waals surface area contributed by atoms with Crippen LogP contribution in [0.3, 0.4) is 0 Å². The molecule has 0 radical (unpaired) electrons. The Bertz CT molecular complexity index is 1120. The normalized spacial score (nSPS) is 18.8. The number of fused-ring (bicyclic) bond motifs is 2. The highest BCUT2D eigenvalue weighted by atomic mass is 16.5. The third kappa shape index (κ3) is 3.56. The first-order chi connectivity index (χ1) is 14.0. The maximum atomic E-state index is 9.15. The van der Waals surface area contributed by atoms with Gasteiger partial charge in [-0.3, -0.25) is 0 Å². The highest BCUT2D eigenvalue weighted by Crippen LogP contribution is 2.40. The molecule has 4 rings (SSSR count). The van der Waals surface area contributed by atoms with Gasteiger partial charge in [0.2, 0.25) is 0 Å². The van der Waals surface area contributed by atoms with Crippen molar-refractivity contribution in [1.82, 2.24) is 0 Å². The fourth-order valence-corrected chi connectivity index (χ4v) is 3.88. The Balaban J connectivity index is 1.71. The third-order valence-electron chi connectivity index (χ3n) is 5.28.